The third-order valence-corrected chi connectivity index (χ3v) is 4.64. The summed E-state index contributed by atoms with van der Waals surface area (Å²) in [6.07, 6.45) is 5.76. The molecule has 19 heavy (non-hydrogen) atoms. The fourth-order valence-corrected chi connectivity index (χ4v) is 3.72. The van der Waals surface area contributed by atoms with Crippen molar-refractivity contribution in [2.45, 2.75) is 37.5 Å². The Kier molecular flexibility index (Phi) is 2.40. The molecule has 0 saturated heterocycles. The maximum absolute atomic E-state index is 10.2. The smallest absolute Gasteiger partial charge is 0.224 e. The Morgan fingerprint density at radius 1 is 1.42 bits per heavy atom. The normalized spacial score (nSPS) is 25.1. The zero-order valence-electron chi connectivity index (χ0n) is 10.4. The first-order valence-electron chi connectivity index (χ1n) is 6.65. The quantitative estimate of drug-likeness (QED) is 0.723. The second-order valence-corrected chi connectivity index (χ2v) is 5.88. The maximum atomic E-state index is 10.2. The van der Waals surface area contributed by atoms with Crippen molar-refractivity contribution in [2.75, 3.05) is 6.54 Å². The van der Waals surface area contributed by atoms with E-state index < -0.39 is 6.23 Å². The summed E-state index contributed by atoms with van der Waals surface area (Å²) >= 11 is 5.94. The molecule has 0 aromatic carbocycles. The van der Waals surface area contributed by atoms with E-state index in [2.05, 4.69) is 19.9 Å². The lowest BCUT2D eigenvalue weighted by Crippen LogP contribution is -2.48. The molecule has 1 aliphatic carbocycles. The van der Waals surface area contributed by atoms with Gasteiger partial charge in [0.25, 0.3) is 0 Å². The molecule has 0 amide bonds. The van der Waals surface area contributed by atoms with Crippen LogP contribution in [0.3, 0.4) is 0 Å². The van der Waals surface area contributed by atoms with Gasteiger partial charge in [-0.05, 0) is 30.5 Å². The SMILES string of the molecule is OC1NCC2(CCCC2)n2c1cc1cnc(Cl)nc12. The van der Waals surface area contributed by atoms with Crippen molar-refractivity contribution < 1.29 is 5.11 Å². The monoisotopic (exact) mass is 278 g/mol. The van der Waals surface area contributed by atoms with Crippen LogP contribution in [0.2, 0.25) is 5.28 Å². The zero-order chi connectivity index (χ0) is 13.0. The standard InChI is InChI=1S/C13H15ClN4O/c14-12-15-6-8-5-9-11(19)16-7-13(3-1-2-4-13)18(9)10(8)17-12/h5-6,11,16,19H,1-4,7H2. The summed E-state index contributed by atoms with van der Waals surface area (Å²) in [6, 6.07) is 1.96. The van der Waals surface area contributed by atoms with Gasteiger partial charge in [-0.2, -0.15) is 4.98 Å². The lowest BCUT2D eigenvalue weighted by Gasteiger charge is -2.39. The van der Waals surface area contributed by atoms with E-state index in [9.17, 15) is 5.11 Å². The highest BCUT2D eigenvalue weighted by molar-refractivity contribution is 6.28. The van der Waals surface area contributed by atoms with Crippen molar-refractivity contribution >= 4 is 22.6 Å². The van der Waals surface area contributed by atoms with Crippen LogP contribution in [0.5, 0.6) is 0 Å². The largest absolute Gasteiger partial charge is 0.373 e. The van der Waals surface area contributed by atoms with Gasteiger partial charge in [-0.15, -0.1) is 0 Å². The summed E-state index contributed by atoms with van der Waals surface area (Å²) in [5.74, 6) is 0. The van der Waals surface area contributed by atoms with Gasteiger partial charge in [0, 0.05) is 18.1 Å². The molecule has 3 heterocycles. The van der Waals surface area contributed by atoms with Crippen molar-refractivity contribution in [1.29, 1.82) is 0 Å². The van der Waals surface area contributed by atoms with Crippen LogP contribution >= 0.6 is 11.6 Å². The molecule has 1 unspecified atom stereocenters. The third-order valence-electron chi connectivity index (χ3n) is 4.45. The molecule has 2 aromatic heterocycles. The van der Waals surface area contributed by atoms with Crippen molar-refractivity contribution in [1.82, 2.24) is 19.9 Å². The molecule has 1 atom stereocenters. The third kappa shape index (κ3) is 1.55. The van der Waals surface area contributed by atoms with Crippen LogP contribution in [0.1, 0.15) is 37.6 Å². The zero-order valence-corrected chi connectivity index (χ0v) is 11.2. The summed E-state index contributed by atoms with van der Waals surface area (Å²) in [5.41, 5.74) is 1.76. The number of hydrogen-bond donors (Lipinski definition) is 2. The molecule has 100 valence electrons. The number of aliphatic hydroxyl groups excluding tert-OH is 1. The minimum absolute atomic E-state index is 0.0357. The van der Waals surface area contributed by atoms with Gasteiger partial charge in [-0.1, -0.05) is 12.8 Å². The van der Waals surface area contributed by atoms with Crippen LogP contribution < -0.4 is 5.32 Å². The van der Waals surface area contributed by atoms with Gasteiger partial charge >= 0.3 is 0 Å². The molecule has 1 spiro atoms. The van der Waals surface area contributed by atoms with Crippen molar-refractivity contribution in [3.8, 4) is 0 Å². The molecule has 2 aromatic rings. The molecule has 2 aliphatic rings. The Bertz CT molecular complexity index is 647. The van der Waals surface area contributed by atoms with Crippen molar-refractivity contribution in [2.24, 2.45) is 0 Å². The number of halogens is 1. The highest BCUT2D eigenvalue weighted by Crippen LogP contribution is 2.43. The van der Waals surface area contributed by atoms with Crippen LogP contribution in [0.15, 0.2) is 12.3 Å². The second-order valence-electron chi connectivity index (χ2n) is 5.54. The minimum Gasteiger partial charge on any atom is -0.373 e. The van der Waals surface area contributed by atoms with Gasteiger partial charge in [-0.3, -0.25) is 5.32 Å². The molecule has 1 fully saturated rings. The number of hydrogen-bond acceptors (Lipinski definition) is 4. The van der Waals surface area contributed by atoms with Crippen LogP contribution in [0.25, 0.3) is 11.0 Å². The van der Waals surface area contributed by atoms with Crippen LogP contribution in [-0.4, -0.2) is 26.2 Å². The van der Waals surface area contributed by atoms with E-state index in [1.54, 1.807) is 6.20 Å². The van der Waals surface area contributed by atoms with Gasteiger partial charge in [0.15, 0.2) is 0 Å². The first-order valence-corrected chi connectivity index (χ1v) is 7.03. The topological polar surface area (TPSA) is 63.0 Å². The number of fused-ring (bicyclic) bond motifs is 4. The van der Waals surface area contributed by atoms with E-state index in [4.69, 9.17) is 11.6 Å². The number of rotatable bonds is 0. The number of aromatic nitrogens is 3. The Balaban J connectivity index is 2.04. The summed E-state index contributed by atoms with van der Waals surface area (Å²) in [5, 5.41) is 14.6. The first-order chi connectivity index (χ1) is 9.20. The molecule has 6 heteroatoms. The molecule has 1 aliphatic heterocycles. The Labute approximate surface area is 115 Å². The predicted molar refractivity (Wildman–Crippen MR) is 71.9 cm³/mol. The molecule has 2 N–H and O–H groups in total. The minimum atomic E-state index is -0.640. The highest BCUT2D eigenvalue weighted by Gasteiger charge is 2.42. The molecule has 0 bridgehead atoms. The molecule has 0 radical (unpaired) electrons. The average molecular weight is 279 g/mol. The van der Waals surface area contributed by atoms with Gasteiger partial charge in [0.2, 0.25) is 5.28 Å². The summed E-state index contributed by atoms with van der Waals surface area (Å²) < 4.78 is 2.20. The fraction of sp³-hybridized carbons (Fsp3) is 0.538. The van der Waals surface area contributed by atoms with E-state index in [1.165, 1.54) is 12.8 Å². The molecule has 4 rings (SSSR count). The van der Waals surface area contributed by atoms with Gasteiger partial charge in [-0.25, -0.2) is 4.98 Å². The van der Waals surface area contributed by atoms with E-state index in [-0.39, 0.29) is 10.8 Å². The summed E-state index contributed by atoms with van der Waals surface area (Å²) in [6.45, 7) is 0.784. The van der Waals surface area contributed by atoms with E-state index in [1.807, 2.05) is 6.07 Å². The van der Waals surface area contributed by atoms with E-state index in [0.717, 1.165) is 36.1 Å². The van der Waals surface area contributed by atoms with Gasteiger partial charge in [0.05, 0.1) is 11.2 Å². The van der Waals surface area contributed by atoms with Gasteiger partial charge in [0.1, 0.15) is 11.9 Å². The molecular formula is C13H15ClN4O. The van der Waals surface area contributed by atoms with Gasteiger partial charge < -0.3 is 9.67 Å². The average Bonchev–Trinajstić information content (AvgIpc) is 2.99. The Morgan fingerprint density at radius 3 is 3.00 bits per heavy atom. The second kappa shape index (κ2) is 3.91. The summed E-state index contributed by atoms with van der Waals surface area (Å²) in [7, 11) is 0. The molecule has 1 saturated carbocycles. The molecular weight excluding hydrogens is 264 g/mol. The lowest BCUT2D eigenvalue weighted by molar-refractivity contribution is 0.0768. The van der Waals surface area contributed by atoms with E-state index >= 15 is 0 Å². The lowest BCUT2D eigenvalue weighted by atomic mass is 9.94. The van der Waals surface area contributed by atoms with Crippen molar-refractivity contribution in [3.05, 3.63) is 23.2 Å². The fourth-order valence-electron chi connectivity index (χ4n) is 3.59. The van der Waals surface area contributed by atoms with E-state index in [0.29, 0.717) is 0 Å². The highest BCUT2D eigenvalue weighted by atomic mass is 35.5. The summed E-state index contributed by atoms with van der Waals surface area (Å²) in [4.78, 5) is 8.41. The first kappa shape index (κ1) is 11.6. The molecule has 5 nitrogen and oxygen atoms in total. The van der Waals surface area contributed by atoms with Crippen molar-refractivity contribution in [3.63, 3.8) is 0 Å². The number of nitrogens with zero attached hydrogens (tertiary/aromatic N) is 3. The van der Waals surface area contributed by atoms with Crippen LogP contribution in [0.4, 0.5) is 0 Å². The Morgan fingerprint density at radius 2 is 2.21 bits per heavy atom. The Hall–Kier alpha value is -1.17. The number of aliphatic hydroxyl groups is 1. The van der Waals surface area contributed by atoms with Crippen LogP contribution in [-0.2, 0) is 5.54 Å². The number of nitrogens with one attached hydrogen (secondary N) is 1. The van der Waals surface area contributed by atoms with Crippen LogP contribution in [0, 0.1) is 0 Å². The maximum Gasteiger partial charge on any atom is 0.224 e. The predicted octanol–water partition coefficient (Wildman–Crippen LogP) is 1.95.